The summed E-state index contributed by atoms with van der Waals surface area (Å²) in [5, 5.41) is 12.2. The van der Waals surface area contributed by atoms with E-state index in [0.29, 0.717) is 32.0 Å². The van der Waals surface area contributed by atoms with E-state index in [-0.39, 0.29) is 29.6 Å². The van der Waals surface area contributed by atoms with Gasteiger partial charge in [0, 0.05) is 51.8 Å². The first-order valence-electron chi connectivity index (χ1n) is 10.8. The van der Waals surface area contributed by atoms with E-state index in [1.807, 2.05) is 31.2 Å². The highest BCUT2D eigenvalue weighted by molar-refractivity contribution is 7.85. The third-order valence-electron chi connectivity index (χ3n) is 5.51. The predicted molar refractivity (Wildman–Crippen MR) is 139 cm³/mol. The molecule has 35 heavy (non-hydrogen) atoms. The molecule has 0 radical (unpaired) electrons. The fourth-order valence-electron chi connectivity index (χ4n) is 3.67. The van der Waals surface area contributed by atoms with E-state index in [4.69, 9.17) is 21.6 Å². The lowest BCUT2D eigenvalue weighted by Crippen LogP contribution is -2.37. The van der Waals surface area contributed by atoms with Crippen LogP contribution in [0.15, 0.2) is 48.5 Å². The smallest absolute Gasteiger partial charge is 0.262 e. The van der Waals surface area contributed by atoms with E-state index >= 15 is 0 Å². The normalized spacial score (nSPS) is 13.8. The number of anilines is 2. The van der Waals surface area contributed by atoms with Crippen LogP contribution in [0.1, 0.15) is 25.7 Å². The Bertz CT molecular complexity index is 1340. The van der Waals surface area contributed by atoms with Crippen molar-refractivity contribution in [3.63, 3.8) is 0 Å². The van der Waals surface area contributed by atoms with Crippen molar-refractivity contribution in [1.29, 1.82) is 5.26 Å². The van der Waals surface area contributed by atoms with Crippen LogP contribution in [0.3, 0.4) is 0 Å². The first-order valence-corrected chi connectivity index (χ1v) is 13.5. The van der Waals surface area contributed by atoms with Gasteiger partial charge in [0.1, 0.15) is 16.7 Å². The van der Waals surface area contributed by atoms with Crippen molar-refractivity contribution in [1.82, 2.24) is 0 Å². The van der Waals surface area contributed by atoms with Gasteiger partial charge >= 0.3 is 0 Å². The topological polar surface area (TPSA) is 99.5 Å². The van der Waals surface area contributed by atoms with Gasteiger partial charge < -0.3 is 15.0 Å². The van der Waals surface area contributed by atoms with Gasteiger partial charge in [0.25, 0.3) is 5.91 Å². The summed E-state index contributed by atoms with van der Waals surface area (Å²) in [4.78, 5) is 28.5. The molecule has 1 aromatic heterocycles. The molecule has 2 heterocycles. The van der Waals surface area contributed by atoms with Crippen LogP contribution in [0.4, 0.5) is 11.4 Å². The highest BCUT2D eigenvalue weighted by atomic mass is 35.5. The SMILES string of the molecule is Cc1cc(N2CCS(=O)CC2)ccc1NC(=O)COc1ccc(Cl)cc1C(=O)c1ccc(C#N)s1. The first-order chi connectivity index (χ1) is 16.8. The Morgan fingerprint density at radius 3 is 2.63 bits per heavy atom. The average molecular weight is 528 g/mol. The lowest BCUT2D eigenvalue weighted by Gasteiger charge is -2.29. The zero-order chi connectivity index (χ0) is 24.9. The number of aryl methyl sites for hydroxylation is 1. The van der Waals surface area contributed by atoms with Crippen LogP contribution in [0.5, 0.6) is 5.75 Å². The van der Waals surface area contributed by atoms with Crippen LogP contribution in [0.25, 0.3) is 0 Å². The molecule has 1 saturated heterocycles. The van der Waals surface area contributed by atoms with Crippen molar-refractivity contribution >= 4 is 56.8 Å². The average Bonchev–Trinajstić information content (AvgIpc) is 3.34. The zero-order valence-corrected chi connectivity index (χ0v) is 21.3. The van der Waals surface area contributed by atoms with Crippen molar-refractivity contribution in [2.24, 2.45) is 0 Å². The zero-order valence-electron chi connectivity index (χ0n) is 18.9. The number of carbonyl (C=O) groups is 2. The van der Waals surface area contributed by atoms with Crippen LogP contribution in [-0.4, -0.2) is 47.1 Å². The molecule has 180 valence electrons. The van der Waals surface area contributed by atoms with E-state index in [0.717, 1.165) is 35.7 Å². The number of thiophene rings is 1. The van der Waals surface area contributed by atoms with Crippen LogP contribution in [0.2, 0.25) is 5.02 Å². The summed E-state index contributed by atoms with van der Waals surface area (Å²) in [5.41, 5.74) is 2.82. The summed E-state index contributed by atoms with van der Waals surface area (Å²) >= 11 is 7.17. The van der Waals surface area contributed by atoms with Crippen molar-refractivity contribution in [3.05, 3.63) is 74.4 Å². The fraction of sp³-hybridized carbons (Fsp3) is 0.240. The van der Waals surface area contributed by atoms with Crippen molar-refractivity contribution in [2.45, 2.75) is 6.92 Å². The standard InChI is InChI=1S/C25H22ClN3O4S2/c1-16-12-18(29-8-10-35(32)11-9-29)3-5-21(16)28-24(30)15-33-22-6-2-17(26)13-20(22)25(31)23-7-4-19(14-27)34-23/h2-7,12-13H,8-11,15H2,1H3,(H,28,30). The molecular formula is C25H22ClN3O4S2. The number of carbonyl (C=O) groups excluding carboxylic acids is 2. The van der Waals surface area contributed by atoms with E-state index in [1.165, 1.54) is 6.07 Å². The highest BCUT2D eigenvalue weighted by Crippen LogP contribution is 2.28. The summed E-state index contributed by atoms with van der Waals surface area (Å²) in [6.45, 7) is 3.11. The molecule has 10 heteroatoms. The number of nitrogens with one attached hydrogen (secondary N) is 1. The Morgan fingerprint density at radius 2 is 1.94 bits per heavy atom. The second kappa shape index (κ2) is 11.0. The molecule has 1 amide bonds. The molecule has 4 rings (SSSR count). The summed E-state index contributed by atoms with van der Waals surface area (Å²) in [5.74, 6) is 0.857. The molecule has 1 aliphatic heterocycles. The van der Waals surface area contributed by atoms with Gasteiger partial charge in [-0.3, -0.25) is 13.8 Å². The minimum Gasteiger partial charge on any atom is -0.483 e. The Morgan fingerprint density at radius 1 is 1.17 bits per heavy atom. The predicted octanol–water partition coefficient (Wildman–Crippen LogP) is 4.40. The second-order valence-electron chi connectivity index (χ2n) is 7.92. The third-order valence-corrected chi connectivity index (χ3v) is 8.01. The summed E-state index contributed by atoms with van der Waals surface area (Å²) < 4.78 is 17.3. The molecule has 1 N–H and O–H groups in total. The number of ether oxygens (including phenoxy) is 1. The monoisotopic (exact) mass is 527 g/mol. The van der Waals surface area contributed by atoms with Crippen molar-refractivity contribution < 1.29 is 18.5 Å². The largest absolute Gasteiger partial charge is 0.483 e. The van der Waals surface area contributed by atoms with Crippen LogP contribution >= 0.6 is 22.9 Å². The Labute approximate surface area is 214 Å². The Balaban J connectivity index is 1.41. The quantitative estimate of drug-likeness (QED) is 0.457. The minimum absolute atomic E-state index is 0.222. The van der Waals surface area contributed by atoms with Gasteiger partial charge in [-0.25, -0.2) is 0 Å². The minimum atomic E-state index is -0.740. The van der Waals surface area contributed by atoms with E-state index in [2.05, 4.69) is 10.2 Å². The number of ketones is 1. The molecule has 0 saturated carbocycles. The molecule has 2 aromatic carbocycles. The number of benzene rings is 2. The summed E-state index contributed by atoms with van der Waals surface area (Å²) in [6.07, 6.45) is 0. The van der Waals surface area contributed by atoms with Crippen LogP contribution in [-0.2, 0) is 15.6 Å². The van der Waals surface area contributed by atoms with Gasteiger partial charge in [0.2, 0.25) is 5.78 Å². The highest BCUT2D eigenvalue weighted by Gasteiger charge is 2.19. The van der Waals surface area contributed by atoms with Crippen LogP contribution < -0.4 is 15.0 Å². The maximum Gasteiger partial charge on any atom is 0.262 e. The lowest BCUT2D eigenvalue weighted by atomic mass is 10.1. The molecule has 0 bridgehead atoms. The first kappa shape index (κ1) is 24.9. The van der Waals surface area contributed by atoms with Gasteiger partial charge in [0.15, 0.2) is 6.61 Å². The fourth-order valence-corrected chi connectivity index (χ4v) is 5.65. The molecule has 7 nitrogen and oxygen atoms in total. The number of nitriles is 1. The van der Waals surface area contributed by atoms with E-state index in [1.54, 1.807) is 24.3 Å². The van der Waals surface area contributed by atoms with Crippen molar-refractivity contribution in [3.8, 4) is 11.8 Å². The number of nitrogens with zero attached hydrogens (tertiary/aromatic N) is 2. The second-order valence-corrected chi connectivity index (χ2v) is 11.1. The number of amides is 1. The molecule has 1 fully saturated rings. The van der Waals surface area contributed by atoms with Gasteiger partial charge in [-0.05, 0) is 61.0 Å². The lowest BCUT2D eigenvalue weighted by molar-refractivity contribution is -0.118. The molecular weight excluding hydrogens is 506 g/mol. The molecule has 0 spiro atoms. The molecule has 3 aromatic rings. The Kier molecular flexibility index (Phi) is 7.86. The maximum absolute atomic E-state index is 13.0. The van der Waals surface area contributed by atoms with Crippen molar-refractivity contribution in [2.75, 3.05) is 41.4 Å². The summed E-state index contributed by atoms with van der Waals surface area (Å²) in [6, 6.07) is 15.6. The number of hydrogen-bond acceptors (Lipinski definition) is 7. The molecule has 1 aliphatic rings. The van der Waals surface area contributed by atoms with E-state index < -0.39 is 10.8 Å². The third kappa shape index (κ3) is 6.09. The Hall–Kier alpha value is -3.19. The number of hydrogen-bond donors (Lipinski definition) is 1. The van der Waals surface area contributed by atoms with Crippen LogP contribution in [0, 0.1) is 18.3 Å². The maximum atomic E-state index is 13.0. The number of rotatable bonds is 7. The van der Waals surface area contributed by atoms with Gasteiger partial charge in [0.05, 0.1) is 10.4 Å². The van der Waals surface area contributed by atoms with E-state index in [9.17, 15) is 13.8 Å². The molecule has 0 unspecified atom stereocenters. The van der Waals surface area contributed by atoms with Gasteiger partial charge in [-0.2, -0.15) is 5.26 Å². The summed E-state index contributed by atoms with van der Waals surface area (Å²) in [7, 11) is -0.740. The molecule has 0 aliphatic carbocycles. The number of halogens is 1. The molecule has 0 atom stereocenters. The van der Waals surface area contributed by atoms with Gasteiger partial charge in [-0.1, -0.05) is 11.6 Å². The van der Waals surface area contributed by atoms with Gasteiger partial charge in [-0.15, -0.1) is 11.3 Å².